The molecule has 1 atom stereocenters. The van der Waals surface area contributed by atoms with Gasteiger partial charge in [-0.3, -0.25) is 9.59 Å². The van der Waals surface area contributed by atoms with Crippen LogP contribution in [0, 0.1) is 6.92 Å². The number of benzene rings is 1. The summed E-state index contributed by atoms with van der Waals surface area (Å²) in [6.07, 6.45) is 2.55. The number of aryl methyl sites for hydroxylation is 1. The minimum absolute atomic E-state index is 0.107. The summed E-state index contributed by atoms with van der Waals surface area (Å²) in [6, 6.07) is 7.57. The lowest BCUT2D eigenvalue weighted by Crippen LogP contribution is -2.45. The largest absolute Gasteiger partial charge is 0.354 e. The van der Waals surface area contributed by atoms with Gasteiger partial charge < -0.3 is 10.6 Å². The Labute approximate surface area is 139 Å². The van der Waals surface area contributed by atoms with Crippen molar-refractivity contribution in [3.63, 3.8) is 0 Å². The molecule has 2 N–H and O–H groups in total. The third-order valence-corrected chi connectivity index (χ3v) is 4.77. The van der Waals surface area contributed by atoms with Crippen LogP contribution in [0.4, 0.5) is 0 Å². The predicted octanol–water partition coefficient (Wildman–Crippen LogP) is 2.52. The van der Waals surface area contributed by atoms with E-state index in [1.165, 1.54) is 16.9 Å². The fraction of sp³-hybridized carbons (Fsp3) is 0.353. The summed E-state index contributed by atoms with van der Waals surface area (Å²) in [6.45, 7) is 2.71. The van der Waals surface area contributed by atoms with Crippen molar-refractivity contribution in [2.45, 2.75) is 32.2 Å². The molecule has 1 unspecified atom stereocenters. The van der Waals surface area contributed by atoms with Crippen molar-refractivity contribution in [2.24, 2.45) is 0 Å². The van der Waals surface area contributed by atoms with Gasteiger partial charge in [0.05, 0.1) is 0 Å². The fourth-order valence-corrected chi connectivity index (χ4v) is 3.32. The molecule has 1 fully saturated rings. The van der Waals surface area contributed by atoms with Gasteiger partial charge in [0.25, 0.3) is 5.91 Å². The Balaban J connectivity index is 1.70. The summed E-state index contributed by atoms with van der Waals surface area (Å²) in [7, 11) is 0. The molecule has 6 heteroatoms. The Bertz CT molecular complexity index is 709. The van der Waals surface area contributed by atoms with E-state index < -0.39 is 6.04 Å². The minimum Gasteiger partial charge on any atom is -0.354 e. The van der Waals surface area contributed by atoms with Crippen LogP contribution in [0.5, 0.6) is 0 Å². The third-order valence-electron chi connectivity index (χ3n) is 3.88. The van der Waals surface area contributed by atoms with Crippen LogP contribution in [0.1, 0.15) is 35.3 Å². The molecule has 0 aliphatic carbocycles. The molecule has 1 aromatic carbocycles. The molecular weight excluding hydrogens is 310 g/mol. The lowest BCUT2D eigenvalue weighted by molar-refractivity contribution is -0.122. The van der Waals surface area contributed by atoms with Crippen molar-refractivity contribution < 1.29 is 9.59 Å². The highest BCUT2D eigenvalue weighted by molar-refractivity contribution is 7.13. The number of amides is 2. The normalized spacial score (nSPS) is 18.1. The lowest BCUT2D eigenvalue weighted by atomic mass is 10.1. The molecule has 1 aromatic heterocycles. The molecule has 1 aliphatic rings. The van der Waals surface area contributed by atoms with E-state index in [0.717, 1.165) is 23.4 Å². The van der Waals surface area contributed by atoms with Crippen LogP contribution in [0.25, 0.3) is 10.6 Å². The average molecular weight is 329 g/mol. The number of hydrogen-bond donors (Lipinski definition) is 2. The number of nitrogens with one attached hydrogen (secondary N) is 2. The standard InChI is InChI=1S/C17H19N3O2S/c1-11-5-7-12(8-6-11)17-20-14(10-23-17)16(22)19-13-4-2-3-9-18-15(13)21/h5-8,10,13H,2-4,9H2,1H3,(H,18,21)(H,19,22). The highest BCUT2D eigenvalue weighted by atomic mass is 32.1. The number of hydrogen-bond acceptors (Lipinski definition) is 4. The summed E-state index contributed by atoms with van der Waals surface area (Å²) in [4.78, 5) is 28.6. The minimum atomic E-state index is -0.463. The van der Waals surface area contributed by atoms with Gasteiger partial charge in [0.2, 0.25) is 5.91 Å². The van der Waals surface area contributed by atoms with Crippen molar-refractivity contribution in [1.82, 2.24) is 15.6 Å². The number of nitrogens with zero attached hydrogens (tertiary/aromatic N) is 1. The summed E-state index contributed by atoms with van der Waals surface area (Å²) in [5.41, 5.74) is 2.54. The number of carbonyl (C=O) groups excluding carboxylic acids is 2. The Kier molecular flexibility index (Phi) is 4.71. The van der Waals surface area contributed by atoms with Gasteiger partial charge in [0, 0.05) is 17.5 Å². The van der Waals surface area contributed by atoms with Crippen LogP contribution in [0.3, 0.4) is 0 Å². The quantitative estimate of drug-likeness (QED) is 0.909. The van der Waals surface area contributed by atoms with E-state index in [4.69, 9.17) is 0 Å². The van der Waals surface area contributed by atoms with E-state index in [1.807, 2.05) is 31.2 Å². The second-order valence-corrected chi connectivity index (χ2v) is 6.57. The molecule has 120 valence electrons. The Morgan fingerprint density at radius 3 is 2.87 bits per heavy atom. The van der Waals surface area contributed by atoms with E-state index >= 15 is 0 Å². The molecule has 0 saturated carbocycles. The first-order chi connectivity index (χ1) is 11.1. The van der Waals surface area contributed by atoms with Crippen molar-refractivity contribution in [2.75, 3.05) is 6.54 Å². The van der Waals surface area contributed by atoms with Gasteiger partial charge in [-0.1, -0.05) is 29.8 Å². The van der Waals surface area contributed by atoms with E-state index in [1.54, 1.807) is 5.38 Å². The summed E-state index contributed by atoms with van der Waals surface area (Å²) < 4.78 is 0. The van der Waals surface area contributed by atoms with E-state index in [-0.39, 0.29) is 11.8 Å². The van der Waals surface area contributed by atoms with Crippen molar-refractivity contribution in [3.8, 4) is 10.6 Å². The second-order valence-electron chi connectivity index (χ2n) is 5.72. The first-order valence-corrected chi connectivity index (χ1v) is 8.62. The molecule has 1 saturated heterocycles. The van der Waals surface area contributed by atoms with Gasteiger partial charge in [-0.2, -0.15) is 0 Å². The second kappa shape index (κ2) is 6.91. The smallest absolute Gasteiger partial charge is 0.271 e. The van der Waals surface area contributed by atoms with Crippen molar-refractivity contribution >= 4 is 23.2 Å². The van der Waals surface area contributed by atoms with Gasteiger partial charge in [-0.15, -0.1) is 11.3 Å². The molecule has 1 aliphatic heterocycles. The van der Waals surface area contributed by atoms with Crippen LogP contribution in [0.15, 0.2) is 29.6 Å². The maximum Gasteiger partial charge on any atom is 0.271 e. The highest BCUT2D eigenvalue weighted by Gasteiger charge is 2.23. The number of thiazole rings is 1. The topological polar surface area (TPSA) is 71.1 Å². The van der Waals surface area contributed by atoms with Crippen LogP contribution in [-0.4, -0.2) is 29.4 Å². The van der Waals surface area contributed by atoms with Gasteiger partial charge in [0.1, 0.15) is 16.7 Å². The van der Waals surface area contributed by atoms with Crippen LogP contribution in [0.2, 0.25) is 0 Å². The number of rotatable bonds is 3. The Morgan fingerprint density at radius 1 is 1.30 bits per heavy atom. The van der Waals surface area contributed by atoms with Crippen LogP contribution < -0.4 is 10.6 Å². The lowest BCUT2D eigenvalue weighted by Gasteiger charge is -2.14. The average Bonchev–Trinajstić information content (AvgIpc) is 2.95. The van der Waals surface area contributed by atoms with Crippen LogP contribution >= 0.6 is 11.3 Å². The molecule has 23 heavy (non-hydrogen) atoms. The molecule has 0 spiro atoms. The van der Waals surface area contributed by atoms with E-state index in [2.05, 4.69) is 15.6 Å². The summed E-state index contributed by atoms with van der Waals surface area (Å²) in [5.74, 6) is -0.397. The maximum atomic E-state index is 12.3. The van der Waals surface area contributed by atoms with Crippen LogP contribution in [-0.2, 0) is 4.79 Å². The third kappa shape index (κ3) is 3.76. The number of carbonyl (C=O) groups is 2. The highest BCUT2D eigenvalue weighted by Crippen LogP contribution is 2.24. The SMILES string of the molecule is Cc1ccc(-c2nc(C(=O)NC3CCCCNC3=O)cs2)cc1. The molecule has 2 aromatic rings. The molecular formula is C17H19N3O2S. The first kappa shape index (κ1) is 15.7. The first-order valence-electron chi connectivity index (χ1n) is 7.74. The predicted molar refractivity (Wildman–Crippen MR) is 90.4 cm³/mol. The monoisotopic (exact) mass is 329 g/mol. The van der Waals surface area contributed by atoms with Crippen molar-refractivity contribution in [3.05, 3.63) is 40.9 Å². The van der Waals surface area contributed by atoms with E-state index in [0.29, 0.717) is 18.7 Å². The zero-order valence-corrected chi connectivity index (χ0v) is 13.8. The zero-order valence-electron chi connectivity index (χ0n) is 13.0. The summed E-state index contributed by atoms with van der Waals surface area (Å²) in [5, 5.41) is 8.15. The Morgan fingerprint density at radius 2 is 2.09 bits per heavy atom. The zero-order chi connectivity index (χ0) is 16.2. The molecule has 0 bridgehead atoms. The van der Waals surface area contributed by atoms with Crippen molar-refractivity contribution in [1.29, 1.82) is 0 Å². The fourth-order valence-electron chi connectivity index (χ4n) is 2.52. The van der Waals surface area contributed by atoms with Gasteiger partial charge in [-0.05, 0) is 26.2 Å². The maximum absolute atomic E-state index is 12.3. The summed E-state index contributed by atoms with van der Waals surface area (Å²) >= 11 is 1.43. The molecule has 3 rings (SSSR count). The number of aromatic nitrogens is 1. The van der Waals surface area contributed by atoms with E-state index in [9.17, 15) is 9.59 Å². The molecule has 0 radical (unpaired) electrons. The van der Waals surface area contributed by atoms with Gasteiger partial charge in [0.15, 0.2) is 0 Å². The molecule has 2 heterocycles. The van der Waals surface area contributed by atoms with Gasteiger partial charge in [-0.25, -0.2) is 4.98 Å². The Hall–Kier alpha value is -2.21. The molecule has 2 amide bonds. The molecule has 5 nitrogen and oxygen atoms in total. The van der Waals surface area contributed by atoms with Gasteiger partial charge >= 0.3 is 0 Å².